The number of hydrogen-bond acceptors (Lipinski definition) is 4. The van der Waals surface area contributed by atoms with E-state index in [9.17, 15) is 9.59 Å². The smallest absolute Gasteiger partial charge is 0.338 e. The number of benzene rings is 2. The number of esters is 1. The van der Waals surface area contributed by atoms with Crippen molar-refractivity contribution in [1.29, 1.82) is 0 Å². The molecule has 0 aliphatic carbocycles. The van der Waals surface area contributed by atoms with Gasteiger partial charge in [-0.2, -0.15) is 0 Å². The molecule has 4 nitrogen and oxygen atoms in total. The van der Waals surface area contributed by atoms with Gasteiger partial charge >= 0.3 is 5.97 Å². The van der Waals surface area contributed by atoms with E-state index in [2.05, 4.69) is 0 Å². The molecule has 138 valence electrons. The van der Waals surface area contributed by atoms with E-state index < -0.39 is 0 Å². The van der Waals surface area contributed by atoms with Crippen LogP contribution in [0.1, 0.15) is 52.5 Å². The van der Waals surface area contributed by atoms with Gasteiger partial charge < -0.3 is 9.47 Å². The van der Waals surface area contributed by atoms with Crippen molar-refractivity contribution in [2.24, 2.45) is 0 Å². The molecule has 0 unspecified atom stereocenters. The average Bonchev–Trinajstić information content (AvgIpc) is 2.64. The number of halogens is 1. The number of hydrogen-bond donors (Lipinski definition) is 0. The molecule has 0 radical (unpaired) electrons. The lowest BCUT2D eigenvalue weighted by atomic mass is 10.0. The van der Waals surface area contributed by atoms with Crippen LogP contribution in [0.2, 0.25) is 5.02 Å². The Morgan fingerprint density at radius 1 is 1.00 bits per heavy atom. The number of unbranched alkanes of at least 4 members (excludes halogenated alkanes) is 1. The number of carbonyl (C=O) groups is 2. The third kappa shape index (κ3) is 5.88. The highest BCUT2D eigenvalue weighted by atomic mass is 35.5. The topological polar surface area (TPSA) is 52.6 Å². The second-order valence-electron chi connectivity index (χ2n) is 5.94. The number of rotatable bonds is 9. The molecule has 0 fully saturated rings. The van der Waals surface area contributed by atoms with Crippen LogP contribution < -0.4 is 4.74 Å². The normalized spacial score (nSPS) is 10.4. The van der Waals surface area contributed by atoms with E-state index in [0.29, 0.717) is 41.5 Å². The molecule has 2 aromatic rings. The van der Waals surface area contributed by atoms with Crippen LogP contribution in [-0.2, 0) is 4.74 Å². The summed E-state index contributed by atoms with van der Waals surface area (Å²) in [5.41, 5.74) is 2.11. The summed E-state index contributed by atoms with van der Waals surface area (Å²) in [7, 11) is 0. The number of ether oxygens (including phenoxy) is 2. The van der Waals surface area contributed by atoms with Gasteiger partial charge in [-0.3, -0.25) is 4.79 Å². The van der Waals surface area contributed by atoms with Gasteiger partial charge in [-0.15, -0.1) is 0 Å². The molecule has 0 aliphatic rings. The van der Waals surface area contributed by atoms with Crippen LogP contribution in [0.3, 0.4) is 0 Å². The third-order valence-corrected chi connectivity index (χ3v) is 4.33. The fourth-order valence-corrected chi connectivity index (χ4v) is 2.57. The van der Waals surface area contributed by atoms with Crippen molar-refractivity contribution >= 4 is 23.4 Å². The van der Waals surface area contributed by atoms with E-state index in [4.69, 9.17) is 21.1 Å². The monoisotopic (exact) mass is 374 g/mol. The lowest BCUT2D eigenvalue weighted by molar-refractivity contribution is 0.0526. The molecule has 0 N–H and O–H groups in total. The zero-order valence-corrected chi connectivity index (χ0v) is 15.8. The summed E-state index contributed by atoms with van der Waals surface area (Å²) in [6.07, 6.45) is 1.97. The van der Waals surface area contributed by atoms with Crippen molar-refractivity contribution in [1.82, 2.24) is 0 Å². The SMILES string of the molecule is CCOC(=O)c1ccc(OCCCCC(=O)c2ccc(C)c(Cl)c2)cc1. The Kier molecular flexibility index (Phi) is 7.67. The number of carbonyl (C=O) groups excluding carboxylic acids is 2. The Morgan fingerprint density at radius 2 is 1.69 bits per heavy atom. The van der Waals surface area contributed by atoms with Crippen molar-refractivity contribution < 1.29 is 19.1 Å². The maximum absolute atomic E-state index is 12.2. The van der Waals surface area contributed by atoms with Crippen LogP contribution in [0.4, 0.5) is 0 Å². The summed E-state index contributed by atoms with van der Waals surface area (Å²) in [6, 6.07) is 12.2. The second kappa shape index (κ2) is 9.97. The number of Topliss-reactive ketones (excluding diaryl/α,β-unsaturated/α-hetero) is 1. The van der Waals surface area contributed by atoms with E-state index >= 15 is 0 Å². The van der Waals surface area contributed by atoms with Crippen LogP contribution in [0.5, 0.6) is 5.75 Å². The van der Waals surface area contributed by atoms with Crippen LogP contribution in [-0.4, -0.2) is 25.0 Å². The second-order valence-corrected chi connectivity index (χ2v) is 6.34. The van der Waals surface area contributed by atoms with Crippen molar-refractivity contribution in [3.63, 3.8) is 0 Å². The fraction of sp³-hybridized carbons (Fsp3) is 0.333. The first-order chi connectivity index (χ1) is 12.5. The zero-order valence-electron chi connectivity index (χ0n) is 15.1. The highest BCUT2D eigenvalue weighted by Crippen LogP contribution is 2.18. The molecule has 0 heterocycles. The number of ketones is 1. The fourth-order valence-electron chi connectivity index (χ4n) is 2.39. The predicted octanol–water partition coefficient (Wildman–Crippen LogP) is 5.26. The largest absolute Gasteiger partial charge is 0.494 e. The quantitative estimate of drug-likeness (QED) is 0.341. The van der Waals surface area contributed by atoms with Gasteiger partial charge in [0.25, 0.3) is 0 Å². The van der Waals surface area contributed by atoms with Crippen molar-refractivity contribution in [3.8, 4) is 5.75 Å². The Hall–Kier alpha value is -2.33. The number of aryl methyl sites for hydroxylation is 1. The van der Waals surface area contributed by atoms with E-state index in [1.807, 2.05) is 19.1 Å². The molecule has 0 saturated heterocycles. The molecule has 0 atom stereocenters. The minimum absolute atomic E-state index is 0.0886. The molecule has 0 saturated carbocycles. The molecule has 0 amide bonds. The molecule has 0 spiro atoms. The van der Waals surface area contributed by atoms with Crippen LogP contribution >= 0.6 is 11.6 Å². The Balaban J connectivity index is 1.71. The van der Waals surface area contributed by atoms with Crippen LogP contribution in [0.15, 0.2) is 42.5 Å². The Labute approximate surface area is 159 Å². The van der Waals surface area contributed by atoms with Gasteiger partial charge in [0.15, 0.2) is 5.78 Å². The highest BCUT2D eigenvalue weighted by Gasteiger charge is 2.08. The lowest BCUT2D eigenvalue weighted by Gasteiger charge is -2.07. The van der Waals surface area contributed by atoms with Gasteiger partial charge in [0.1, 0.15) is 5.75 Å². The van der Waals surface area contributed by atoms with Gasteiger partial charge in [-0.05, 0) is 62.6 Å². The summed E-state index contributed by atoms with van der Waals surface area (Å²) < 4.78 is 10.6. The molecule has 0 bridgehead atoms. The average molecular weight is 375 g/mol. The molecule has 0 aromatic heterocycles. The first-order valence-corrected chi connectivity index (χ1v) is 9.08. The molecular formula is C21H23ClO4. The first kappa shape index (κ1) is 20.0. The van der Waals surface area contributed by atoms with Crippen molar-refractivity contribution in [2.45, 2.75) is 33.1 Å². The minimum atomic E-state index is -0.339. The Bertz CT molecular complexity index is 753. The summed E-state index contributed by atoms with van der Waals surface area (Å²) in [6.45, 7) is 4.55. The van der Waals surface area contributed by atoms with Gasteiger partial charge in [-0.1, -0.05) is 23.7 Å². The van der Waals surface area contributed by atoms with Gasteiger partial charge in [0, 0.05) is 17.0 Å². The van der Waals surface area contributed by atoms with Gasteiger partial charge in [0.2, 0.25) is 0 Å². The van der Waals surface area contributed by atoms with E-state index in [0.717, 1.165) is 18.4 Å². The maximum atomic E-state index is 12.2. The molecular weight excluding hydrogens is 352 g/mol. The van der Waals surface area contributed by atoms with Crippen LogP contribution in [0, 0.1) is 6.92 Å². The van der Waals surface area contributed by atoms with E-state index in [1.165, 1.54) is 0 Å². The summed E-state index contributed by atoms with van der Waals surface area (Å²) in [5, 5.41) is 0.616. The molecule has 5 heteroatoms. The molecule has 0 aliphatic heterocycles. The molecule has 2 aromatic carbocycles. The Morgan fingerprint density at radius 3 is 2.35 bits per heavy atom. The maximum Gasteiger partial charge on any atom is 0.338 e. The van der Waals surface area contributed by atoms with Crippen molar-refractivity contribution in [2.75, 3.05) is 13.2 Å². The molecule has 2 rings (SSSR count). The first-order valence-electron chi connectivity index (χ1n) is 8.70. The van der Waals surface area contributed by atoms with Crippen LogP contribution in [0.25, 0.3) is 0 Å². The summed E-state index contributed by atoms with van der Waals surface area (Å²) >= 11 is 6.06. The molecule has 26 heavy (non-hydrogen) atoms. The van der Waals surface area contributed by atoms with Gasteiger partial charge in [0.05, 0.1) is 18.8 Å². The van der Waals surface area contributed by atoms with Gasteiger partial charge in [-0.25, -0.2) is 4.79 Å². The minimum Gasteiger partial charge on any atom is -0.494 e. The predicted molar refractivity (Wildman–Crippen MR) is 102 cm³/mol. The van der Waals surface area contributed by atoms with E-state index in [1.54, 1.807) is 37.3 Å². The lowest BCUT2D eigenvalue weighted by Crippen LogP contribution is -2.05. The summed E-state index contributed by atoms with van der Waals surface area (Å²) in [4.78, 5) is 23.7. The highest BCUT2D eigenvalue weighted by molar-refractivity contribution is 6.31. The summed E-state index contributed by atoms with van der Waals surface area (Å²) in [5.74, 6) is 0.439. The third-order valence-electron chi connectivity index (χ3n) is 3.93. The van der Waals surface area contributed by atoms with Crippen molar-refractivity contribution in [3.05, 3.63) is 64.2 Å². The zero-order chi connectivity index (χ0) is 18.9. The van der Waals surface area contributed by atoms with E-state index in [-0.39, 0.29) is 11.8 Å². The standard InChI is InChI=1S/C21H23ClO4/c1-3-25-21(24)16-9-11-18(12-10-16)26-13-5-4-6-20(23)17-8-7-15(2)19(22)14-17/h7-12,14H,3-6,13H2,1-2H3.